The van der Waals surface area contributed by atoms with Crippen molar-refractivity contribution in [3.63, 3.8) is 0 Å². The summed E-state index contributed by atoms with van der Waals surface area (Å²) in [4.78, 5) is 0. The highest BCUT2D eigenvalue weighted by molar-refractivity contribution is 5.55. The van der Waals surface area contributed by atoms with E-state index in [0.29, 0.717) is 23.6 Å². The molecule has 0 fully saturated rings. The highest BCUT2D eigenvalue weighted by Gasteiger charge is 2.11. The molecule has 92 valence electrons. The van der Waals surface area contributed by atoms with Gasteiger partial charge in [0.15, 0.2) is 0 Å². The van der Waals surface area contributed by atoms with Gasteiger partial charge in [-0.15, -0.1) is 0 Å². The third-order valence-electron chi connectivity index (χ3n) is 2.73. The minimum absolute atomic E-state index is 0.243. The van der Waals surface area contributed by atoms with Crippen molar-refractivity contribution in [3.8, 4) is 11.8 Å². The molecule has 1 aromatic heterocycles. The number of nitrogens with one attached hydrogen (secondary N) is 1. The monoisotopic (exact) mass is 242 g/mol. The number of benzene rings is 1. The fourth-order valence-corrected chi connectivity index (χ4v) is 1.79. The number of phenols is 1. The third kappa shape index (κ3) is 2.28. The van der Waals surface area contributed by atoms with Crippen LogP contribution in [0.25, 0.3) is 0 Å². The van der Waals surface area contributed by atoms with Crippen LogP contribution in [0.2, 0.25) is 0 Å². The lowest BCUT2D eigenvalue weighted by Crippen LogP contribution is -2.05. The molecule has 0 aliphatic carbocycles. The molecule has 0 amide bonds. The Labute approximate surface area is 105 Å². The molecule has 2 N–H and O–H groups in total. The fraction of sp³-hybridized carbons (Fsp3) is 0.231. The van der Waals surface area contributed by atoms with Crippen LogP contribution in [0.4, 0.5) is 5.82 Å². The Bertz CT molecular complexity index is 593. The second-order valence-corrected chi connectivity index (χ2v) is 4.06. The maximum atomic E-state index is 9.19. The topological polar surface area (TPSA) is 73.9 Å². The second-order valence-electron chi connectivity index (χ2n) is 4.06. The van der Waals surface area contributed by atoms with Gasteiger partial charge < -0.3 is 10.4 Å². The molecule has 5 nitrogen and oxygen atoms in total. The Balaban J connectivity index is 2.16. The first-order chi connectivity index (χ1) is 8.61. The lowest BCUT2D eigenvalue weighted by molar-refractivity contribution is 0.475. The summed E-state index contributed by atoms with van der Waals surface area (Å²) >= 11 is 0. The van der Waals surface area contributed by atoms with Gasteiger partial charge in [-0.1, -0.05) is 12.1 Å². The van der Waals surface area contributed by atoms with Gasteiger partial charge in [0.05, 0.1) is 5.69 Å². The summed E-state index contributed by atoms with van der Waals surface area (Å²) in [5.74, 6) is 0.955. The third-order valence-corrected chi connectivity index (χ3v) is 2.73. The van der Waals surface area contributed by atoms with Crippen LogP contribution in [-0.2, 0) is 13.6 Å². The van der Waals surface area contributed by atoms with E-state index >= 15 is 0 Å². The summed E-state index contributed by atoms with van der Waals surface area (Å²) in [6, 6.07) is 9.08. The summed E-state index contributed by atoms with van der Waals surface area (Å²) in [6.45, 7) is 2.39. The first-order valence-electron chi connectivity index (χ1n) is 5.57. The van der Waals surface area contributed by atoms with Crippen LogP contribution in [0.5, 0.6) is 5.75 Å². The zero-order chi connectivity index (χ0) is 13.1. The first kappa shape index (κ1) is 12.0. The predicted octanol–water partition coefficient (Wildman–Crippen LogP) is 1.92. The molecule has 0 saturated heterocycles. The van der Waals surface area contributed by atoms with Crippen LogP contribution in [0.3, 0.4) is 0 Å². The Morgan fingerprint density at radius 3 is 2.67 bits per heavy atom. The van der Waals surface area contributed by atoms with Crippen LogP contribution in [-0.4, -0.2) is 14.9 Å². The molecule has 0 aliphatic rings. The molecule has 0 spiro atoms. The minimum atomic E-state index is 0.243. The van der Waals surface area contributed by atoms with Gasteiger partial charge in [-0.2, -0.15) is 10.4 Å². The number of anilines is 1. The summed E-state index contributed by atoms with van der Waals surface area (Å²) < 4.78 is 1.66. The van der Waals surface area contributed by atoms with E-state index in [1.807, 2.05) is 19.1 Å². The largest absolute Gasteiger partial charge is 0.508 e. The van der Waals surface area contributed by atoms with Crippen molar-refractivity contribution < 1.29 is 5.11 Å². The number of nitrogens with zero attached hydrogens (tertiary/aromatic N) is 3. The van der Waals surface area contributed by atoms with Gasteiger partial charge in [-0.3, -0.25) is 4.68 Å². The molecular weight excluding hydrogens is 228 g/mol. The number of rotatable bonds is 3. The van der Waals surface area contributed by atoms with E-state index in [1.165, 1.54) is 0 Å². The van der Waals surface area contributed by atoms with Gasteiger partial charge in [-0.25, -0.2) is 0 Å². The van der Waals surface area contributed by atoms with Crippen molar-refractivity contribution in [1.82, 2.24) is 9.78 Å². The quantitative estimate of drug-likeness (QED) is 0.862. The molecule has 0 bridgehead atoms. The standard InChI is InChI=1S/C13H14N4O/c1-9-12(7-14)13(17(2)16-9)15-8-10-3-5-11(18)6-4-10/h3-6,15,18H,8H2,1-2H3. The fourth-order valence-electron chi connectivity index (χ4n) is 1.79. The van der Waals surface area contributed by atoms with E-state index in [1.54, 1.807) is 23.9 Å². The van der Waals surface area contributed by atoms with Gasteiger partial charge in [0.1, 0.15) is 23.2 Å². The number of aromatic hydroxyl groups is 1. The van der Waals surface area contributed by atoms with Gasteiger partial charge >= 0.3 is 0 Å². The van der Waals surface area contributed by atoms with Crippen molar-refractivity contribution >= 4 is 5.82 Å². The van der Waals surface area contributed by atoms with Crippen molar-refractivity contribution in [1.29, 1.82) is 5.26 Å². The van der Waals surface area contributed by atoms with Crippen LogP contribution in [0, 0.1) is 18.3 Å². The maximum absolute atomic E-state index is 9.19. The Morgan fingerprint density at radius 2 is 2.06 bits per heavy atom. The molecule has 0 unspecified atom stereocenters. The van der Waals surface area contributed by atoms with Gasteiger partial charge in [0, 0.05) is 13.6 Å². The van der Waals surface area contributed by atoms with Crippen LogP contribution >= 0.6 is 0 Å². The lowest BCUT2D eigenvalue weighted by atomic mass is 10.2. The minimum Gasteiger partial charge on any atom is -0.508 e. The Hall–Kier alpha value is -2.48. The van der Waals surface area contributed by atoms with Crippen LogP contribution in [0.1, 0.15) is 16.8 Å². The molecule has 0 radical (unpaired) electrons. The molecule has 18 heavy (non-hydrogen) atoms. The molecule has 0 aliphatic heterocycles. The molecule has 5 heteroatoms. The highest BCUT2D eigenvalue weighted by atomic mass is 16.3. The van der Waals surface area contributed by atoms with E-state index in [4.69, 9.17) is 5.26 Å². The molecule has 2 rings (SSSR count). The van der Waals surface area contributed by atoms with Gasteiger partial charge in [-0.05, 0) is 24.6 Å². The SMILES string of the molecule is Cc1nn(C)c(NCc2ccc(O)cc2)c1C#N. The van der Waals surface area contributed by atoms with Gasteiger partial charge in [0.2, 0.25) is 0 Å². The van der Waals surface area contributed by atoms with E-state index in [-0.39, 0.29) is 5.75 Å². The number of hydrogen-bond acceptors (Lipinski definition) is 4. The van der Waals surface area contributed by atoms with Crippen molar-refractivity contribution in [3.05, 3.63) is 41.1 Å². The highest BCUT2D eigenvalue weighted by Crippen LogP contribution is 2.18. The van der Waals surface area contributed by atoms with Crippen molar-refractivity contribution in [2.45, 2.75) is 13.5 Å². The Kier molecular flexibility index (Phi) is 3.20. The van der Waals surface area contributed by atoms with Crippen molar-refractivity contribution in [2.75, 3.05) is 5.32 Å². The second kappa shape index (κ2) is 4.80. The number of aromatic nitrogens is 2. The summed E-state index contributed by atoms with van der Waals surface area (Å²) in [7, 11) is 1.80. The summed E-state index contributed by atoms with van der Waals surface area (Å²) in [6.07, 6.45) is 0. The van der Waals surface area contributed by atoms with Crippen LogP contribution in [0.15, 0.2) is 24.3 Å². The maximum Gasteiger partial charge on any atom is 0.142 e. The lowest BCUT2D eigenvalue weighted by Gasteiger charge is -2.07. The molecule has 1 aromatic carbocycles. The summed E-state index contributed by atoms with van der Waals surface area (Å²) in [5.41, 5.74) is 2.31. The molecule has 2 aromatic rings. The zero-order valence-electron chi connectivity index (χ0n) is 10.3. The Morgan fingerprint density at radius 1 is 1.39 bits per heavy atom. The van der Waals surface area contributed by atoms with E-state index in [2.05, 4.69) is 16.5 Å². The van der Waals surface area contributed by atoms with Gasteiger partial charge in [0.25, 0.3) is 0 Å². The number of phenolic OH excluding ortho intramolecular Hbond substituents is 1. The molecule has 0 saturated carbocycles. The molecule has 1 heterocycles. The van der Waals surface area contributed by atoms with E-state index < -0.39 is 0 Å². The summed E-state index contributed by atoms with van der Waals surface area (Å²) in [5, 5.41) is 25.6. The average molecular weight is 242 g/mol. The van der Waals surface area contributed by atoms with E-state index in [9.17, 15) is 5.11 Å². The average Bonchev–Trinajstić information content (AvgIpc) is 2.62. The number of hydrogen-bond donors (Lipinski definition) is 2. The predicted molar refractivity (Wildman–Crippen MR) is 68.1 cm³/mol. The van der Waals surface area contributed by atoms with Crippen molar-refractivity contribution in [2.24, 2.45) is 7.05 Å². The van der Waals surface area contributed by atoms with Crippen LogP contribution < -0.4 is 5.32 Å². The first-order valence-corrected chi connectivity index (χ1v) is 5.57. The number of aryl methyl sites for hydroxylation is 2. The zero-order valence-corrected chi connectivity index (χ0v) is 10.3. The molecular formula is C13H14N4O. The number of nitriles is 1. The smallest absolute Gasteiger partial charge is 0.142 e. The molecule has 0 atom stereocenters. The normalized spacial score (nSPS) is 10.1. The van der Waals surface area contributed by atoms with E-state index in [0.717, 1.165) is 5.56 Å².